The highest BCUT2D eigenvalue weighted by Crippen LogP contribution is 2.37. The molecule has 0 saturated carbocycles. The van der Waals surface area contributed by atoms with E-state index in [0.29, 0.717) is 32.9 Å². The largest absolute Gasteiger partial charge is 0.493 e. The first kappa shape index (κ1) is 21.9. The van der Waals surface area contributed by atoms with Gasteiger partial charge in [0.05, 0.1) is 24.5 Å². The van der Waals surface area contributed by atoms with E-state index >= 15 is 0 Å². The molecule has 0 saturated heterocycles. The van der Waals surface area contributed by atoms with Crippen LogP contribution in [-0.2, 0) is 4.79 Å². The SMILES string of the molecule is CC[C@@H](C)Oc1c(Cl)cc(/C=N\NC(=O)COc2ccc(Cl)cc2)cc1OC. The minimum atomic E-state index is -0.402. The zero-order valence-electron chi connectivity index (χ0n) is 15.9. The van der Waals surface area contributed by atoms with Crippen LogP contribution in [0, 0.1) is 0 Å². The average Bonchev–Trinajstić information content (AvgIpc) is 2.69. The Labute approximate surface area is 174 Å². The van der Waals surface area contributed by atoms with Gasteiger partial charge in [-0.25, -0.2) is 5.43 Å². The Morgan fingerprint density at radius 3 is 2.61 bits per heavy atom. The lowest BCUT2D eigenvalue weighted by Gasteiger charge is -2.17. The molecule has 2 aromatic rings. The highest BCUT2D eigenvalue weighted by Gasteiger charge is 2.14. The van der Waals surface area contributed by atoms with Crippen molar-refractivity contribution in [2.45, 2.75) is 26.4 Å². The summed E-state index contributed by atoms with van der Waals surface area (Å²) < 4.78 is 16.5. The van der Waals surface area contributed by atoms with E-state index < -0.39 is 5.91 Å². The van der Waals surface area contributed by atoms with E-state index in [4.69, 9.17) is 37.4 Å². The lowest BCUT2D eigenvalue weighted by Crippen LogP contribution is -2.24. The van der Waals surface area contributed by atoms with E-state index in [-0.39, 0.29) is 12.7 Å². The summed E-state index contributed by atoms with van der Waals surface area (Å²) in [7, 11) is 1.53. The smallest absolute Gasteiger partial charge is 0.277 e. The van der Waals surface area contributed by atoms with Gasteiger partial charge in [0, 0.05) is 5.02 Å². The van der Waals surface area contributed by atoms with Gasteiger partial charge in [-0.3, -0.25) is 4.79 Å². The maximum Gasteiger partial charge on any atom is 0.277 e. The van der Waals surface area contributed by atoms with Crippen molar-refractivity contribution in [1.29, 1.82) is 0 Å². The fourth-order valence-corrected chi connectivity index (χ4v) is 2.49. The quantitative estimate of drug-likeness (QED) is 0.467. The molecule has 6 nitrogen and oxygen atoms in total. The van der Waals surface area contributed by atoms with E-state index in [1.807, 2.05) is 13.8 Å². The highest BCUT2D eigenvalue weighted by molar-refractivity contribution is 6.32. The predicted molar refractivity (Wildman–Crippen MR) is 111 cm³/mol. The molecule has 0 unspecified atom stereocenters. The molecule has 0 radical (unpaired) electrons. The van der Waals surface area contributed by atoms with Crippen molar-refractivity contribution >= 4 is 35.3 Å². The molecule has 150 valence electrons. The second-order valence-corrected chi connectivity index (χ2v) is 6.75. The first-order valence-corrected chi connectivity index (χ1v) is 9.43. The van der Waals surface area contributed by atoms with Crippen LogP contribution < -0.4 is 19.6 Å². The van der Waals surface area contributed by atoms with E-state index in [9.17, 15) is 4.79 Å². The summed E-state index contributed by atoms with van der Waals surface area (Å²) in [4.78, 5) is 11.8. The number of halogens is 2. The highest BCUT2D eigenvalue weighted by atomic mass is 35.5. The van der Waals surface area contributed by atoms with Crippen LogP contribution in [-0.4, -0.2) is 31.9 Å². The summed E-state index contributed by atoms with van der Waals surface area (Å²) >= 11 is 12.1. The van der Waals surface area contributed by atoms with E-state index in [1.54, 1.807) is 36.4 Å². The first-order chi connectivity index (χ1) is 13.4. The number of methoxy groups -OCH3 is 1. The Balaban J connectivity index is 1.94. The molecule has 0 aliphatic carbocycles. The fourth-order valence-electron chi connectivity index (χ4n) is 2.10. The van der Waals surface area contributed by atoms with E-state index in [1.165, 1.54) is 13.3 Å². The van der Waals surface area contributed by atoms with Gasteiger partial charge < -0.3 is 14.2 Å². The number of carbonyl (C=O) groups is 1. The number of ether oxygens (including phenoxy) is 3. The summed E-state index contributed by atoms with van der Waals surface area (Å²) in [5, 5.41) is 4.91. The molecule has 0 heterocycles. The molecular weight excluding hydrogens is 403 g/mol. The molecule has 0 aliphatic heterocycles. The van der Waals surface area contributed by atoms with Gasteiger partial charge in [-0.2, -0.15) is 5.10 Å². The monoisotopic (exact) mass is 424 g/mol. The Morgan fingerprint density at radius 2 is 1.96 bits per heavy atom. The van der Waals surface area contributed by atoms with Crippen molar-refractivity contribution in [1.82, 2.24) is 5.43 Å². The molecule has 1 N–H and O–H groups in total. The van der Waals surface area contributed by atoms with Crippen molar-refractivity contribution < 1.29 is 19.0 Å². The second kappa shape index (κ2) is 10.8. The van der Waals surface area contributed by atoms with Crippen molar-refractivity contribution in [3.8, 4) is 17.2 Å². The van der Waals surface area contributed by atoms with Gasteiger partial charge in [0.15, 0.2) is 18.1 Å². The molecule has 0 aromatic heterocycles. The normalized spacial score (nSPS) is 11.9. The van der Waals surface area contributed by atoms with Crippen LogP contribution in [0.3, 0.4) is 0 Å². The van der Waals surface area contributed by atoms with Crippen LogP contribution in [0.5, 0.6) is 17.2 Å². The lowest BCUT2D eigenvalue weighted by atomic mass is 10.2. The van der Waals surface area contributed by atoms with Crippen LogP contribution in [0.1, 0.15) is 25.8 Å². The fraction of sp³-hybridized carbons (Fsp3) is 0.300. The Kier molecular flexibility index (Phi) is 8.42. The van der Waals surface area contributed by atoms with Gasteiger partial charge in [-0.05, 0) is 55.3 Å². The molecule has 28 heavy (non-hydrogen) atoms. The second-order valence-electron chi connectivity index (χ2n) is 5.91. The molecule has 2 aromatic carbocycles. The molecule has 2 rings (SSSR count). The van der Waals surface area contributed by atoms with Gasteiger partial charge >= 0.3 is 0 Å². The number of hydrazone groups is 1. The van der Waals surface area contributed by atoms with Gasteiger partial charge in [0.2, 0.25) is 0 Å². The summed E-state index contributed by atoms with van der Waals surface area (Å²) in [5.74, 6) is 1.11. The third-order valence-corrected chi connectivity index (χ3v) is 4.26. The summed E-state index contributed by atoms with van der Waals surface area (Å²) in [6.07, 6.45) is 2.31. The molecular formula is C20H22Cl2N2O4. The Morgan fingerprint density at radius 1 is 1.25 bits per heavy atom. The number of benzene rings is 2. The molecule has 1 amide bonds. The van der Waals surface area contributed by atoms with Gasteiger partial charge in [-0.15, -0.1) is 0 Å². The minimum Gasteiger partial charge on any atom is -0.493 e. The van der Waals surface area contributed by atoms with Crippen LogP contribution >= 0.6 is 23.2 Å². The number of carbonyl (C=O) groups excluding carboxylic acids is 1. The number of hydrogen-bond acceptors (Lipinski definition) is 5. The van der Waals surface area contributed by atoms with E-state index in [2.05, 4.69) is 10.5 Å². The number of nitrogens with zero attached hydrogens (tertiary/aromatic N) is 1. The Bertz CT molecular complexity index is 826. The summed E-state index contributed by atoms with van der Waals surface area (Å²) in [5.41, 5.74) is 3.04. The van der Waals surface area contributed by atoms with Crippen LogP contribution in [0.25, 0.3) is 0 Å². The van der Waals surface area contributed by atoms with Crippen LogP contribution in [0.2, 0.25) is 10.0 Å². The van der Waals surface area contributed by atoms with Gasteiger partial charge in [0.1, 0.15) is 5.75 Å². The van der Waals surface area contributed by atoms with Crippen molar-refractivity contribution in [2.24, 2.45) is 5.10 Å². The van der Waals surface area contributed by atoms with E-state index in [0.717, 1.165) is 6.42 Å². The topological polar surface area (TPSA) is 69.2 Å². The lowest BCUT2D eigenvalue weighted by molar-refractivity contribution is -0.123. The van der Waals surface area contributed by atoms with Gasteiger partial charge in [0.25, 0.3) is 5.91 Å². The summed E-state index contributed by atoms with van der Waals surface area (Å²) in [6, 6.07) is 10.1. The first-order valence-electron chi connectivity index (χ1n) is 8.67. The molecule has 0 spiro atoms. The number of nitrogens with one attached hydrogen (secondary N) is 1. The van der Waals surface area contributed by atoms with Crippen molar-refractivity contribution in [3.63, 3.8) is 0 Å². The summed E-state index contributed by atoms with van der Waals surface area (Å²) in [6.45, 7) is 3.79. The number of rotatable bonds is 9. The Hall–Kier alpha value is -2.44. The van der Waals surface area contributed by atoms with Crippen LogP contribution in [0.15, 0.2) is 41.5 Å². The third-order valence-electron chi connectivity index (χ3n) is 3.73. The van der Waals surface area contributed by atoms with Crippen molar-refractivity contribution in [3.05, 3.63) is 52.0 Å². The predicted octanol–water partition coefficient (Wildman–Crippen LogP) is 4.71. The molecule has 8 heteroatoms. The maximum absolute atomic E-state index is 11.8. The molecule has 1 atom stereocenters. The van der Waals surface area contributed by atoms with Crippen molar-refractivity contribution in [2.75, 3.05) is 13.7 Å². The standard InChI is InChI=1S/C20H22Cl2N2O4/c1-4-13(2)28-20-17(22)9-14(10-18(20)26-3)11-23-24-19(25)12-27-16-7-5-15(21)6-8-16/h5-11,13H,4,12H2,1-3H3,(H,24,25)/b23-11-/t13-/m1/s1. The molecule has 0 bridgehead atoms. The maximum atomic E-state index is 11.8. The number of hydrogen-bond donors (Lipinski definition) is 1. The third kappa shape index (κ3) is 6.62. The molecule has 0 aliphatic rings. The van der Waals surface area contributed by atoms with Crippen LogP contribution in [0.4, 0.5) is 0 Å². The average molecular weight is 425 g/mol. The minimum absolute atomic E-state index is 0.00541. The number of amides is 1. The van der Waals surface area contributed by atoms with Gasteiger partial charge in [-0.1, -0.05) is 30.1 Å². The molecule has 0 fully saturated rings. The zero-order chi connectivity index (χ0) is 20.5. The zero-order valence-corrected chi connectivity index (χ0v) is 17.4.